The van der Waals surface area contributed by atoms with Gasteiger partial charge in [0.1, 0.15) is 6.29 Å². The fourth-order valence-corrected chi connectivity index (χ4v) is 0.772. The van der Waals surface area contributed by atoms with E-state index < -0.39 is 10.4 Å². The highest BCUT2D eigenvalue weighted by molar-refractivity contribution is 7.79. The average molecular weight is 238 g/mol. The SMILES string of the molecule is CCCCCC=C(C)C=O.O=S(=O)(O)O. The van der Waals surface area contributed by atoms with Gasteiger partial charge in [-0.3, -0.25) is 13.9 Å². The van der Waals surface area contributed by atoms with Gasteiger partial charge < -0.3 is 0 Å². The first kappa shape index (κ1) is 16.7. The molecule has 0 aliphatic carbocycles. The number of unbranched alkanes of at least 4 members (excludes halogenated alkanes) is 3. The summed E-state index contributed by atoms with van der Waals surface area (Å²) in [7, 11) is -4.67. The predicted octanol–water partition coefficient (Wildman–Crippen LogP) is 2.06. The van der Waals surface area contributed by atoms with Crippen molar-refractivity contribution in [3.8, 4) is 0 Å². The van der Waals surface area contributed by atoms with Crippen molar-refractivity contribution in [3.05, 3.63) is 11.6 Å². The zero-order valence-electron chi connectivity index (χ0n) is 9.01. The van der Waals surface area contributed by atoms with E-state index in [0.29, 0.717) is 0 Å². The molecule has 0 bridgehead atoms. The van der Waals surface area contributed by atoms with Gasteiger partial charge in [-0.15, -0.1) is 0 Å². The summed E-state index contributed by atoms with van der Waals surface area (Å²) in [4.78, 5) is 10.1. The first-order chi connectivity index (χ1) is 6.81. The van der Waals surface area contributed by atoms with Crippen LogP contribution in [0.2, 0.25) is 0 Å². The Bertz CT molecular complexity index is 271. The summed E-state index contributed by atoms with van der Waals surface area (Å²) in [6.45, 7) is 4.02. The lowest BCUT2D eigenvalue weighted by molar-refractivity contribution is -0.104. The Hall–Kier alpha value is -0.720. The van der Waals surface area contributed by atoms with E-state index >= 15 is 0 Å². The highest BCUT2D eigenvalue weighted by Crippen LogP contribution is 2.01. The van der Waals surface area contributed by atoms with Crippen LogP contribution in [0.1, 0.15) is 39.5 Å². The standard InChI is InChI=1S/C9H16O.H2O4S/c1-3-4-5-6-7-9(2)8-10;1-5(2,3)4/h7-8H,3-6H2,1-2H3;(H2,1,2,3,4). The van der Waals surface area contributed by atoms with Crippen LogP contribution in [0.3, 0.4) is 0 Å². The van der Waals surface area contributed by atoms with Crippen LogP contribution in [0, 0.1) is 0 Å². The Morgan fingerprint density at radius 2 is 1.73 bits per heavy atom. The van der Waals surface area contributed by atoms with Crippen LogP contribution >= 0.6 is 0 Å². The van der Waals surface area contributed by atoms with Crippen LogP contribution in [0.4, 0.5) is 0 Å². The van der Waals surface area contributed by atoms with Crippen LogP contribution in [0.15, 0.2) is 11.6 Å². The van der Waals surface area contributed by atoms with Gasteiger partial charge in [0.2, 0.25) is 0 Å². The molecular formula is C9H18O5S. The average Bonchev–Trinajstić information content (AvgIpc) is 2.09. The number of allylic oxidation sites excluding steroid dienone is 2. The second kappa shape index (κ2) is 9.82. The molecule has 15 heavy (non-hydrogen) atoms. The molecule has 0 aromatic heterocycles. The molecule has 0 rings (SSSR count). The second-order valence-corrected chi connectivity index (χ2v) is 3.91. The highest BCUT2D eigenvalue weighted by atomic mass is 32.3. The molecule has 0 heterocycles. The number of hydrogen-bond acceptors (Lipinski definition) is 3. The van der Waals surface area contributed by atoms with Crippen molar-refractivity contribution in [2.45, 2.75) is 39.5 Å². The largest absolute Gasteiger partial charge is 0.394 e. The molecule has 0 aromatic carbocycles. The summed E-state index contributed by atoms with van der Waals surface area (Å²) in [5.74, 6) is 0. The number of rotatable bonds is 5. The van der Waals surface area contributed by atoms with Crippen molar-refractivity contribution in [3.63, 3.8) is 0 Å². The van der Waals surface area contributed by atoms with Gasteiger partial charge in [0.15, 0.2) is 0 Å². The Labute approximate surface area is 90.8 Å². The maximum Gasteiger partial charge on any atom is 0.394 e. The highest BCUT2D eigenvalue weighted by Gasteiger charge is 1.85. The topological polar surface area (TPSA) is 91.7 Å². The summed E-state index contributed by atoms with van der Waals surface area (Å²) in [5.41, 5.74) is 0.858. The maximum atomic E-state index is 10.1. The fraction of sp³-hybridized carbons (Fsp3) is 0.667. The molecule has 0 aliphatic rings. The van der Waals surface area contributed by atoms with E-state index in [9.17, 15) is 4.79 Å². The molecular weight excluding hydrogens is 220 g/mol. The molecule has 0 amide bonds. The minimum Gasteiger partial charge on any atom is -0.298 e. The lowest BCUT2D eigenvalue weighted by Gasteiger charge is -1.91. The van der Waals surface area contributed by atoms with Gasteiger partial charge in [0, 0.05) is 0 Å². The van der Waals surface area contributed by atoms with Gasteiger partial charge in [0.05, 0.1) is 0 Å². The van der Waals surface area contributed by atoms with E-state index in [1.54, 1.807) is 0 Å². The fourth-order valence-electron chi connectivity index (χ4n) is 0.772. The van der Waals surface area contributed by atoms with E-state index in [-0.39, 0.29) is 0 Å². The zero-order chi connectivity index (χ0) is 12.3. The molecule has 90 valence electrons. The summed E-state index contributed by atoms with van der Waals surface area (Å²) in [6.07, 6.45) is 7.69. The van der Waals surface area contributed by atoms with Gasteiger partial charge >= 0.3 is 10.4 Å². The number of hydrogen-bond donors (Lipinski definition) is 2. The van der Waals surface area contributed by atoms with Gasteiger partial charge in [0.25, 0.3) is 0 Å². The minimum absolute atomic E-state index is 0.858. The minimum atomic E-state index is -4.67. The number of aldehydes is 1. The van der Waals surface area contributed by atoms with Gasteiger partial charge in [-0.2, -0.15) is 8.42 Å². The van der Waals surface area contributed by atoms with Crippen LogP contribution < -0.4 is 0 Å². The summed E-state index contributed by atoms with van der Waals surface area (Å²) < 4.78 is 31.6. The summed E-state index contributed by atoms with van der Waals surface area (Å²) >= 11 is 0. The zero-order valence-corrected chi connectivity index (χ0v) is 9.83. The normalized spacial score (nSPS) is 11.6. The number of carbonyl (C=O) groups is 1. The van der Waals surface area contributed by atoms with Crippen molar-refractivity contribution in [1.82, 2.24) is 0 Å². The van der Waals surface area contributed by atoms with Gasteiger partial charge in [-0.25, -0.2) is 0 Å². The molecule has 0 saturated carbocycles. The molecule has 0 spiro atoms. The molecule has 0 atom stereocenters. The molecule has 0 radical (unpaired) electrons. The molecule has 0 unspecified atom stereocenters. The van der Waals surface area contributed by atoms with Crippen LogP contribution in [-0.4, -0.2) is 23.8 Å². The van der Waals surface area contributed by atoms with Gasteiger partial charge in [-0.05, 0) is 25.3 Å². The van der Waals surface area contributed by atoms with E-state index in [1.165, 1.54) is 19.3 Å². The molecule has 2 N–H and O–H groups in total. The van der Waals surface area contributed by atoms with Crippen LogP contribution in [0.25, 0.3) is 0 Å². The quantitative estimate of drug-likeness (QED) is 0.331. The smallest absolute Gasteiger partial charge is 0.298 e. The Balaban J connectivity index is 0. The Morgan fingerprint density at radius 3 is 2.07 bits per heavy atom. The third-order valence-electron chi connectivity index (χ3n) is 1.46. The van der Waals surface area contributed by atoms with Crippen molar-refractivity contribution >= 4 is 16.7 Å². The van der Waals surface area contributed by atoms with Crippen molar-refractivity contribution < 1.29 is 22.3 Å². The van der Waals surface area contributed by atoms with Gasteiger partial charge in [-0.1, -0.05) is 25.8 Å². The Morgan fingerprint density at radius 1 is 1.27 bits per heavy atom. The third-order valence-corrected chi connectivity index (χ3v) is 1.46. The predicted molar refractivity (Wildman–Crippen MR) is 58.1 cm³/mol. The molecule has 0 saturated heterocycles. The lowest BCUT2D eigenvalue weighted by atomic mass is 10.1. The van der Waals surface area contributed by atoms with E-state index in [4.69, 9.17) is 17.5 Å². The van der Waals surface area contributed by atoms with E-state index in [0.717, 1.165) is 18.3 Å². The summed E-state index contributed by atoms with van der Waals surface area (Å²) in [6, 6.07) is 0. The molecule has 6 heteroatoms. The van der Waals surface area contributed by atoms with Crippen molar-refractivity contribution in [2.75, 3.05) is 0 Å². The molecule has 0 aliphatic heterocycles. The monoisotopic (exact) mass is 238 g/mol. The van der Waals surface area contributed by atoms with Crippen molar-refractivity contribution in [1.29, 1.82) is 0 Å². The van der Waals surface area contributed by atoms with E-state index in [1.807, 2.05) is 13.0 Å². The van der Waals surface area contributed by atoms with Crippen LogP contribution in [-0.2, 0) is 15.2 Å². The third kappa shape index (κ3) is 31.9. The first-order valence-electron chi connectivity index (χ1n) is 4.63. The van der Waals surface area contributed by atoms with Crippen molar-refractivity contribution in [2.24, 2.45) is 0 Å². The van der Waals surface area contributed by atoms with Crippen LogP contribution in [0.5, 0.6) is 0 Å². The molecule has 5 nitrogen and oxygen atoms in total. The maximum absolute atomic E-state index is 10.1. The molecule has 0 fully saturated rings. The first-order valence-corrected chi connectivity index (χ1v) is 6.02. The molecule has 0 aromatic rings. The Kier molecular flexibility index (Phi) is 10.9. The second-order valence-electron chi connectivity index (χ2n) is 3.01. The number of carbonyl (C=O) groups excluding carboxylic acids is 1. The lowest BCUT2D eigenvalue weighted by Crippen LogP contribution is -1.89. The summed E-state index contributed by atoms with van der Waals surface area (Å²) in [5, 5.41) is 0. The van der Waals surface area contributed by atoms with E-state index in [2.05, 4.69) is 6.92 Å².